The Balaban J connectivity index is 2.01. The number of rotatable bonds is 2. The molecule has 2 saturated carbocycles. The Morgan fingerprint density at radius 1 is 0.923 bits per heavy atom. The lowest BCUT2D eigenvalue weighted by molar-refractivity contribution is 0.131. The molecular weight excluding hydrogens is 158 g/mol. The molecule has 0 spiro atoms. The summed E-state index contributed by atoms with van der Waals surface area (Å²) in [6.45, 7) is 0.956. The van der Waals surface area contributed by atoms with Crippen molar-refractivity contribution in [3.63, 3.8) is 0 Å². The molecule has 76 valence electrons. The van der Waals surface area contributed by atoms with Crippen molar-refractivity contribution in [1.29, 1.82) is 0 Å². The maximum Gasteiger partial charge on any atom is -0.00179 e. The molecule has 1 nitrogen and oxygen atoms in total. The average Bonchev–Trinajstić information content (AvgIpc) is 2.69. The standard InChI is InChI=1S/C12H23N/c13-10-12(8-4-5-9-12)11-6-2-1-3-7-11/h11H,1-10,13H2. The van der Waals surface area contributed by atoms with E-state index in [-0.39, 0.29) is 0 Å². The highest BCUT2D eigenvalue weighted by Crippen LogP contribution is 2.48. The van der Waals surface area contributed by atoms with E-state index in [1.165, 1.54) is 57.8 Å². The lowest BCUT2D eigenvalue weighted by Gasteiger charge is -2.39. The van der Waals surface area contributed by atoms with Crippen LogP contribution in [0.5, 0.6) is 0 Å². The van der Waals surface area contributed by atoms with Crippen LogP contribution in [0.3, 0.4) is 0 Å². The van der Waals surface area contributed by atoms with E-state index < -0.39 is 0 Å². The highest BCUT2D eigenvalue weighted by Gasteiger charge is 2.39. The van der Waals surface area contributed by atoms with Crippen LogP contribution in [0.2, 0.25) is 0 Å². The second-order valence-electron chi connectivity index (χ2n) is 5.11. The van der Waals surface area contributed by atoms with Gasteiger partial charge >= 0.3 is 0 Å². The summed E-state index contributed by atoms with van der Waals surface area (Å²) in [7, 11) is 0. The molecule has 0 aliphatic heterocycles. The van der Waals surface area contributed by atoms with E-state index in [2.05, 4.69) is 0 Å². The second-order valence-corrected chi connectivity index (χ2v) is 5.11. The molecule has 0 aromatic rings. The highest BCUT2D eigenvalue weighted by atomic mass is 14.6. The van der Waals surface area contributed by atoms with Gasteiger partial charge in [-0.2, -0.15) is 0 Å². The average molecular weight is 181 g/mol. The molecule has 2 aliphatic carbocycles. The fourth-order valence-electron chi connectivity index (χ4n) is 3.57. The largest absolute Gasteiger partial charge is 0.330 e. The summed E-state index contributed by atoms with van der Waals surface area (Å²) in [5.41, 5.74) is 6.58. The fourth-order valence-corrected chi connectivity index (χ4v) is 3.57. The summed E-state index contributed by atoms with van der Waals surface area (Å²) in [6.07, 6.45) is 13.1. The first-order chi connectivity index (χ1) is 6.37. The van der Waals surface area contributed by atoms with Crippen molar-refractivity contribution in [1.82, 2.24) is 0 Å². The Morgan fingerprint density at radius 3 is 2.08 bits per heavy atom. The van der Waals surface area contributed by atoms with Crippen molar-refractivity contribution in [3.05, 3.63) is 0 Å². The Labute approximate surface area is 82.1 Å². The van der Waals surface area contributed by atoms with Crippen molar-refractivity contribution in [3.8, 4) is 0 Å². The zero-order chi connectivity index (χ0) is 9.15. The van der Waals surface area contributed by atoms with Crippen LogP contribution in [0.25, 0.3) is 0 Å². The van der Waals surface area contributed by atoms with E-state index in [1.807, 2.05) is 0 Å². The van der Waals surface area contributed by atoms with Crippen molar-refractivity contribution < 1.29 is 0 Å². The first-order valence-corrected chi connectivity index (χ1v) is 6.07. The second kappa shape index (κ2) is 4.00. The maximum atomic E-state index is 6.00. The maximum absolute atomic E-state index is 6.00. The van der Waals surface area contributed by atoms with Gasteiger partial charge in [0.2, 0.25) is 0 Å². The SMILES string of the molecule is NCC1(C2CCCCC2)CCCC1. The van der Waals surface area contributed by atoms with Crippen LogP contribution in [0.15, 0.2) is 0 Å². The van der Waals surface area contributed by atoms with Gasteiger partial charge in [0, 0.05) is 0 Å². The predicted octanol–water partition coefficient (Wildman–Crippen LogP) is 3.09. The molecule has 0 heterocycles. The Hall–Kier alpha value is -0.0400. The van der Waals surface area contributed by atoms with Gasteiger partial charge < -0.3 is 5.73 Å². The zero-order valence-electron chi connectivity index (χ0n) is 8.73. The van der Waals surface area contributed by atoms with Crippen molar-refractivity contribution in [2.75, 3.05) is 6.54 Å². The smallest absolute Gasteiger partial charge is 0.00179 e. The van der Waals surface area contributed by atoms with Crippen molar-refractivity contribution in [2.24, 2.45) is 17.1 Å². The van der Waals surface area contributed by atoms with Crippen molar-refractivity contribution in [2.45, 2.75) is 57.8 Å². The van der Waals surface area contributed by atoms with Crippen LogP contribution in [0, 0.1) is 11.3 Å². The highest BCUT2D eigenvalue weighted by molar-refractivity contribution is 4.92. The van der Waals surface area contributed by atoms with Gasteiger partial charge in [-0.3, -0.25) is 0 Å². The van der Waals surface area contributed by atoms with Gasteiger partial charge in [0.15, 0.2) is 0 Å². The molecular formula is C12H23N. The van der Waals surface area contributed by atoms with Gasteiger partial charge in [0.25, 0.3) is 0 Å². The molecule has 2 rings (SSSR count). The van der Waals surface area contributed by atoms with E-state index in [9.17, 15) is 0 Å². The molecule has 0 aromatic carbocycles. The molecule has 0 saturated heterocycles. The minimum Gasteiger partial charge on any atom is -0.330 e. The van der Waals surface area contributed by atoms with Crippen LogP contribution in [0.4, 0.5) is 0 Å². The van der Waals surface area contributed by atoms with Crippen LogP contribution in [-0.2, 0) is 0 Å². The number of nitrogens with two attached hydrogens (primary N) is 1. The molecule has 0 aromatic heterocycles. The van der Waals surface area contributed by atoms with Gasteiger partial charge in [-0.1, -0.05) is 32.1 Å². The Morgan fingerprint density at radius 2 is 1.54 bits per heavy atom. The Bertz CT molecular complexity index is 153. The molecule has 2 aliphatic rings. The van der Waals surface area contributed by atoms with Gasteiger partial charge in [-0.05, 0) is 43.6 Å². The molecule has 0 atom stereocenters. The summed E-state index contributed by atoms with van der Waals surface area (Å²) in [4.78, 5) is 0. The Kier molecular flexibility index (Phi) is 2.92. The number of hydrogen-bond donors (Lipinski definition) is 1. The summed E-state index contributed by atoms with van der Waals surface area (Å²) in [6, 6.07) is 0. The lowest BCUT2D eigenvalue weighted by Crippen LogP contribution is -2.36. The molecule has 13 heavy (non-hydrogen) atoms. The van der Waals surface area contributed by atoms with E-state index in [4.69, 9.17) is 5.73 Å². The molecule has 2 fully saturated rings. The lowest BCUT2D eigenvalue weighted by atomic mass is 9.67. The molecule has 2 N–H and O–H groups in total. The summed E-state index contributed by atoms with van der Waals surface area (Å²) in [5.74, 6) is 0.980. The molecule has 0 radical (unpaired) electrons. The third kappa shape index (κ3) is 1.76. The summed E-state index contributed by atoms with van der Waals surface area (Å²) in [5, 5.41) is 0. The summed E-state index contributed by atoms with van der Waals surface area (Å²) >= 11 is 0. The van der Waals surface area contributed by atoms with Gasteiger partial charge in [0.1, 0.15) is 0 Å². The van der Waals surface area contributed by atoms with Crippen molar-refractivity contribution >= 4 is 0 Å². The van der Waals surface area contributed by atoms with Crippen LogP contribution < -0.4 is 5.73 Å². The minimum absolute atomic E-state index is 0.584. The predicted molar refractivity (Wildman–Crippen MR) is 56.5 cm³/mol. The van der Waals surface area contributed by atoms with Gasteiger partial charge in [-0.15, -0.1) is 0 Å². The third-order valence-electron chi connectivity index (χ3n) is 4.48. The molecule has 1 heteroatoms. The van der Waals surface area contributed by atoms with E-state index in [1.54, 1.807) is 0 Å². The molecule has 0 unspecified atom stereocenters. The minimum atomic E-state index is 0.584. The monoisotopic (exact) mass is 181 g/mol. The first-order valence-electron chi connectivity index (χ1n) is 6.07. The first kappa shape index (κ1) is 9.51. The topological polar surface area (TPSA) is 26.0 Å². The third-order valence-corrected chi connectivity index (χ3v) is 4.48. The quantitative estimate of drug-likeness (QED) is 0.696. The van der Waals surface area contributed by atoms with E-state index >= 15 is 0 Å². The van der Waals surface area contributed by atoms with Crippen LogP contribution >= 0.6 is 0 Å². The summed E-state index contributed by atoms with van der Waals surface area (Å²) < 4.78 is 0. The normalized spacial score (nSPS) is 29.3. The molecule has 0 bridgehead atoms. The van der Waals surface area contributed by atoms with Crippen LogP contribution in [-0.4, -0.2) is 6.54 Å². The molecule has 0 amide bonds. The van der Waals surface area contributed by atoms with E-state index in [0.717, 1.165) is 12.5 Å². The van der Waals surface area contributed by atoms with Crippen LogP contribution in [0.1, 0.15) is 57.8 Å². The van der Waals surface area contributed by atoms with E-state index in [0.29, 0.717) is 5.41 Å². The van der Waals surface area contributed by atoms with Gasteiger partial charge in [-0.25, -0.2) is 0 Å². The number of hydrogen-bond acceptors (Lipinski definition) is 1. The fraction of sp³-hybridized carbons (Fsp3) is 1.00. The van der Waals surface area contributed by atoms with Gasteiger partial charge in [0.05, 0.1) is 0 Å². The zero-order valence-corrected chi connectivity index (χ0v) is 8.73.